The zero-order valence-corrected chi connectivity index (χ0v) is 17.9. The van der Waals surface area contributed by atoms with Crippen molar-refractivity contribution in [3.63, 3.8) is 0 Å². The molecule has 0 aliphatic rings. The number of hydrogen-bond acceptors (Lipinski definition) is 0. The van der Waals surface area contributed by atoms with E-state index in [-0.39, 0.29) is 5.82 Å². The van der Waals surface area contributed by atoms with Gasteiger partial charge in [-0.05, 0) is 41.5 Å². The minimum Gasteiger partial charge on any atom is -0.207 e. The van der Waals surface area contributed by atoms with E-state index in [1.165, 1.54) is 28.0 Å². The summed E-state index contributed by atoms with van der Waals surface area (Å²) in [5.41, 5.74) is 1.09. The van der Waals surface area contributed by atoms with Crippen molar-refractivity contribution >= 4 is 39.8 Å². The van der Waals surface area contributed by atoms with Crippen molar-refractivity contribution in [3.05, 3.63) is 127 Å². The van der Waals surface area contributed by atoms with Gasteiger partial charge in [-0.2, -0.15) is 0 Å². The summed E-state index contributed by atoms with van der Waals surface area (Å²) in [5.74, 6) is -0.181. The van der Waals surface area contributed by atoms with Gasteiger partial charge in [0, 0.05) is 5.33 Å². The topological polar surface area (TPSA) is 0 Å². The summed E-state index contributed by atoms with van der Waals surface area (Å²) >= 11 is 3.26. The molecule has 0 heterocycles. The molecule has 0 aliphatic heterocycles. The van der Waals surface area contributed by atoms with Crippen molar-refractivity contribution in [2.45, 2.75) is 5.33 Å². The maximum absolute atomic E-state index is 12.2. The highest BCUT2D eigenvalue weighted by molar-refractivity contribution is 9.08. The highest BCUT2D eigenvalue weighted by Gasteiger charge is 2.14. The van der Waals surface area contributed by atoms with Crippen LogP contribution < -0.4 is 15.9 Å². The van der Waals surface area contributed by atoms with Crippen LogP contribution >= 0.6 is 23.9 Å². The molecule has 0 unspecified atom stereocenters. The van der Waals surface area contributed by atoms with Crippen LogP contribution in [0.5, 0.6) is 0 Å². The summed E-state index contributed by atoms with van der Waals surface area (Å²) < 4.78 is 12.2. The second-order valence-electron chi connectivity index (χ2n) is 6.10. The fraction of sp³-hybridized carbons (Fsp3) is 0.0400. The van der Waals surface area contributed by atoms with Gasteiger partial charge in [-0.1, -0.05) is 119 Å². The molecule has 0 aliphatic carbocycles. The molecule has 0 amide bonds. The van der Waals surface area contributed by atoms with E-state index in [0.29, 0.717) is 0 Å². The van der Waals surface area contributed by atoms with Gasteiger partial charge >= 0.3 is 0 Å². The van der Waals surface area contributed by atoms with Crippen LogP contribution in [-0.4, -0.2) is 0 Å². The maximum Gasteiger partial charge on any atom is 0.123 e. The van der Waals surface area contributed by atoms with E-state index in [4.69, 9.17) is 0 Å². The Labute approximate surface area is 176 Å². The lowest BCUT2D eigenvalue weighted by Crippen LogP contribution is -2.20. The van der Waals surface area contributed by atoms with Crippen LogP contribution in [0.4, 0.5) is 4.39 Å². The molecule has 140 valence electrons. The molecular weight excluding hydrogens is 430 g/mol. The van der Waals surface area contributed by atoms with Crippen molar-refractivity contribution in [1.29, 1.82) is 0 Å². The minimum absolute atomic E-state index is 0.181. The molecule has 3 heteroatoms. The van der Waals surface area contributed by atoms with Crippen molar-refractivity contribution in [2.24, 2.45) is 0 Å². The molecule has 4 aromatic rings. The number of hydrogen-bond donors (Lipinski definition) is 0. The van der Waals surface area contributed by atoms with Gasteiger partial charge in [-0.15, -0.1) is 0 Å². The summed E-state index contributed by atoms with van der Waals surface area (Å²) in [4.78, 5) is 0. The molecule has 0 bridgehead atoms. The Bertz CT molecular complexity index is 848. The van der Waals surface area contributed by atoms with Crippen LogP contribution in [0.2, 0.25) is 0 Å². The molecule has 28 heavy (non-hydrogen) atoms. The van der Waals surface area contributed by atoms with Crippen molar-refractivity contribution in [1.82, 2.24) is 0 Å². The average molecular weight is 451 g/mol. The van der Waals surface area contributed by atoms with Gasteiger partial charge < -0.3 is 0 Å². The average Bonchev–Trinajstić information content (AvgIpc) is 2.77. The molecule has 0 aromatic heterocycles. The maximum atomic E-state index is 12.2. The summed E-state index contributed by atoms with van der Waals surface area (Å²) in [5, 5.41) is 4.98. The van der Waals surface area contributed by atoms with Gasteiger partial charge in [-0.25, -0.2) is 4.39 Å². The molecule has 4 aromatic carbocycles. The molecule has 0 radical (unpaired) electrons. The van der Waals surface area contributed by atoms with Gasteiger partial charge in [-0.3, -0.25) is 0 Å². The molecule has 0 nitrogen and oxygen atoms in total. The lowest BCUT2D eigenvalue weighted by Gasteiger charge is -2.18. The summed E-state index contributed by atoms with van der Waals surface area (Å²) in [6.45, 7) is 0. The van der Waals surface area contributed by atoms with Gasteiger partial charge in [0.25, 0.3) is 0 Å². The molecule has 0 spiro atoms. The first-order valence-corrected chi connectivity index (χ1v) is 11.5. The number of halogens is 2. The van der Waals surface area contributed by atoms with E-state index in [1.54, 1.807) is 12.1 Å². The molecule has 0 saturated carbocycles. The molecule has 0 fully saturated rings. The van der Waals surface area contributed by atoms with E-state index in [1.807, 2.05) is 0 Å². The van der Waals surface area contributed by atoms with Crippen LogP contribution in [0.3, 0.4) is 0 Å². The van der Waals surface area contributed by atoms with Crippen molar-refractivity contribution < 1.29 is 4.39 Å². The Morgan fingerprint density at radius 2 is 0.893 bits per heavy atom. The zero-order valence-electron chi connectivity index (χ0n) is 15.4. The second kappa shape index (κ2) is 10.9. The number of alkyl halides is 1. The highest BCUT2D eigenvalue weighted by Crippen LogP contribution is 2.32. The van der Waals surface area contributed by atoms with Gasteiger partial charge in [0.1, 0.15) is 5.82 Å². The first kappa shape index (κ1) is 20.5. The van der Waals surface area contributed by atoms with E-state index >= 15 is 0 Å². The summed E-state index contributed by atoms with van der Waals surface area (Å²) in [7, 11) is -0.446. The minimum atomic E-state index is -0.446. The first-order valence-electron chi connectivity index (χ1n) is 9.03. The van der Waals surface area contributed by atoms with E-state index in [9.17, 15) is 4.39 Å². The van der Waals surface area contributed by atoms with Crippen molar-refractivity contribution in [2.75, 3.05) is 0 Å². The van der Waals surface area contributed by atoms with Crippen LogP contribution in [0.15, 0.2) is 115 Å². The monoisotopic (exact) mass is 450 g/mol. The van der Waals surface area contributed by atoms with Gasteiger partial charge in [0.2, 0.25) is 0 Å². The fourth-order valence-electron chi connectivity index (χ4n) is 2.75. The van der Waals surface area contributed by atoms with E-state index in [2.05, 4.69) is 107 Å². The molecule has 0 saturated heterocycles. The fourth-order valence-corrected chi connectivity index (χ4v) is 5.43. The Morgan fingerprint density at radius 3 is 1.21 bits per heavy atom. The largest absolute Gasteiger partial charge is 0.207 e. The van der Waals surface area contributed by atoms with E-state index < -0.39 is 7.92 Å². The quantitative estimate of drug-likeness (QED) is 0.257. The van der Waals surface area contributed by atoms with Crippen LogP contribution in [-0.2, 0) is 5.33 Å². The highest BCUT2D eigenvalue weighted by atomic mass is 79.9. The van der Waals surface area contributed by atoms with Crippen LogP contribution in [0.25, 0.3) is 0 Å². The molecule has 0 atom stereocenters. The SMILES string of the molecule is Fc1ccc(CBr)cc1.c1ccc(P(c2ccccc2)c2ccccc2)cc1. The lowest BCUT2D eigenvalue weighted by molar-refractivity contribution is 0.627. The Kier molecular flexibility index (Phi) is 7.96. The van der Waals surface area contributed by atoms with Crippen molar-refractivity contribution in [3.8, 4) is 0 Å². The smallest absolute Gasteiger partial charge is 0.123 e. The predicted octanol–water partition coefficient (Wildman–Crippen LogP) is 6.17. The standard InChI is InChI=1S/C18H15P.C7H6BrF/c1-4-10-16(11-5-1)19(17-12-6-2-7-13-17)18-14-8-3-9-15-18;8-5-6-1-3-7(9)4-2-6/h1-15H;1-4H,5H2. The molecule has 0 N–H and O–H groups in total. The third-order valence-electron chi connectivity index (χ3n) is 4.11. The Hall–Kier alpha value is -2.28. The van der Waals surface area contributed by atoms with Crippen LogP contribution in [0.1, 0.15) is 5.56 Å². The summed E-state index contributed by atoms with van der Waals surface area (Å²) in [6.07, 6.45) is 0. The predicted molar refractivity (Wildman–Crippen MR) is 124 cm³/mol. The van der Waals surface area contributed by atoms with Gasteiger partial charge in [0.15, 0.2) is 0 Å². The molecule has 4 rings (SSSR count). The zero-order chi connectivity index (χ0) is 19.6. The number of rotatable bonds is 4. The molecular formula is C25H21BrFP. The number of benzene rings is 4. The Balaban J connectivity index is 0.000000211. The third kappa shape index (κ3) is 5.86. The third-order valence-corrected chi connectivity index (χ3v) is 7.20. The first-order chi connectivity index (χ1) is 13.8. The lowest BCUT2D eigenvalue weighted by atomic mass is 10.2. The second-order valence-corrected chi connectivity index (χ2v) is 8.88. The normalized spacial score (nSPS) is 10.2. The van der Waals surface area contributed by atoms with E-state index in [0.717, 1.165) is 10.9 Å². The summed E-state index contributed by atoms with van der Waals surface area (Å²) in [6, 6.07) is 38.7. The van der Waals surface area contributed by atoms with Crippen LogP contribution in [0, 0.1) is 5.82 Å². The van der Waals surface area contributed by atoms with Gasteiger partial charge in [0.05, 0.1) is 0 Å². The Morgan fingerprint density at radius 1 is 0.536 bits per heavy atom.